The number of sulfonamides is 1. The summed E-state index contributed by atoms with van der Waals surface area (Å²) in [6, 6.07) is 2.82. The third-order valence-corrected chi connectivity index (χ3v) is 4.55. The van der Waals surface area contributed by atoms with Crippen molar-refractivity contribution in [1.29, 1.82) is 0 Å². The Morgan fingerprint density at radius 3 is 2.58 bits per heavy atom. The third-order valence-electron chi connectivity index (χ3n) is 2.55. The lowest BCUT2D eigenvalue weighted by Gasteiger charge is -2.19. The van der Waals surface area contributed by atoms with Crippen LogP contribution in [0, 0.1) is 11.7 Å². The zero-order valence-corrected chi connectivity index (χ0v) is 12.4. The summed E-state index contributed by atoms with van der Waals surface area (Å²) in [7, 11) is -3.87. The van der Waals surface area contributed by atoms with Crippen LogP contribution in [0.25, 0.3) is 0 Å². The number of hydrogen-bond acceptors (Lipinski definition) is 3. The van der Waals surface area contributed by atoms with Gasteiger partial charge in [-0.25, -0.2) is 17.5 Å². The second-order valence-electron chi connectivity index (χ2n) is 4.76. The summed E-state index contributed by atoms with van der Waals surface area (Å²) >= 11 is 5.80. The van der Waals surface area contributed by atoms with Crippen LogP contribution in [0.15, 0.2) is 23.1 Å². The van der Waals surface area contributed by atoms with Gasteiger partial charge in [0.25, 0.3) is 0 Å². The molecule has 1 atom stereocenters. The molecule has 108 valence electrons. The average molecular weight is 309 g/mol. The van der Waals surface area contributed by atoms with Crippen LogP contribution in [0.5, 0.6) is 0 Å². The first-order valence-electron chi connectivity index (χ1n) is 5.93. The van der Waals surface area contributed by atoms with Gasteiger partial charge in [-0.3, -0.25) is 0 Å². The topological polar surface area (TPSA) is 72.2 Å². The van der Waals surface area contributed by atoms with Gasteiger partial charge in [0.2, 0.25) is 10.0 Å². The summed E-state index contributed by atoms with van der Waals surface area (Å²) in [5.74, 6) is -0.364. The molecular formula is C12H18ClFN2O2S. The third kappa shape index (κ3) is 4.72. The van der Waals surface area contributed by atoms with E-state index in [1.807, 2.05) is 13.8 Å². The average Bonchev–Trinajstić information content (AvgIpc) is 2.30. The monoisotopic (exact) mass is 308 g/mol. The van der Waals surface area contributed by atoms with Crippen LogP contribution >= 0.6 is 11.6 Å². The predicted molar refractivity (Wildman–Crippen MR) is 74.0 cm³/mol. The van der Waals surface area contributed by atoms with E-state index in [-0.39, 0.29) is 16.5 Å². The first-order chi connectivity index (χ1) is 8.76. The smallest absolute Gasteiger partial charge is 0.242 e. The maximum Gasteiger partial charge on any atom is 0.242 e. The number of hydrogen-bond donors (Lipinski definition) is 2. The SMILES string of the molecule is CC(C)CC(CN)NS(=O)(=O)c1cc(F)ccc1Cl. The van der Waals surface area contributed by atoms with Crippen molar-refractivity contribution in [2.24, 2.45) is 11.7 Å². The molecule has 1 aromatic carbocycles. The maximum absolute atomic E-state index is 13.1. The highest BCUT2D eigenvalue weighted by molar-refractivity contribution is 7.89. The highest BCUT2D eigenvalue weighted by Crippen LogP contribution is 2.22. The molecule has 1 aromatic rings. The fourth-order valence-corrected chi connectivity index (χ4v) is 3.50. The summed E-state index contributed by atoms with van der Waals surface area (Å²) in [6.45, 7) is 4.10. The van der Waals surface area contributed by atoms with Crippen molar-refractivity contribution in [2.75, 3.05) is 6.54 Å². The van der Waals surface area contributed by atoms with Crippen molar-refractivity contribution in [3.8, 4) is 0 Å². The highest BCUT2D eigenvalue weighted by atomic mass is 35.5. The molecule has 3 N–H and O–H groups in total. The molecule has 0 saturated heterocycles. The molecule has 0 fully saturated rings. The van der Waals surface area contributed by atoms with Gasteiger partial charge in [0, 0.05) is 12.6 Å². The van der Waals surface area contributed by atoms with Crippen LogP contribution in [-0.2, 0) is 10.0 Å². The predicted octanol–water partition coefficient (Wildman–Crippen LogP) is 2.13. The van der Waals surface area contributed by atoms with Crippen molar-refractivity contribution in [3.05, 3.63) is 29.0 Å². The standard InChI is InChI=1S/C12H18ClFN2O2S/c1-8(2)5-10(7-15)16-19(17,18)12-6-9(14)3-4-11(12)13/h3-4,6,8,10,16H,5,7,15H2,1-2H3. The summed E-state index contributed by atoms with van der Waals surface area (Å²) < 4.78 is 39.9. The number of halogens is 2. The van der Waals surface area contributed by atoms with Crippen LogP contribution in [0.4, 0.5) is 4.39 Å². The molecule has 4 nitrogen and oxygen atoms in total. The van der Waals surface area contributed by atoms with Crippen molar-refractivity contribution in [2.45, 2.75) is 31.2 Å². The van der Waals surface area contributed by atoms with Gasteiger partial charge in [-0.2, -0.15) is 0 Å². The van der Waals surface area contributed by atoms with E-state index in [0.29, 0.717) is 12.3 Å². The lowest BCUT2D eigenvalue weighted by Crippen LogP contribution is -2.41. The Morgan fingerprint density at radius 1 is 1.42 bits per heavy atom. The lowest BCUT2D eigenvalue weighted by molar-refractivity contribution is 0.465. The fraction of sp³-hybridized carbons (Fsp3) is 0.500. The molecular weight excluding hydrogens is 291 g/mol. The molecule has 0 aliphatic heterocycles. The van der Waals surface area contributed by atoms with Gasteiger partial charge in [0.05, 0.1) is 5.02 Å². The van der Waals surface area contributed by atoms with Crippen molar-refractivity contribution in [3.63, 3.8) is 0 Å². The van der Waals surface area contributed by atoms with E-state index >= 15 is 0 Å². The zero-order chi connectivity index (χ0) is 14.6. The second kappa shape index (κ2) is 6.65. The molecule has 0 heterocycles. The molecule has 1 rings (SSSR count). The van der Waals surface area contributed by atoms with Gasteiger partial charge in [-0.1, -0.05) is 25.4 Å². The Bertz CT molecular complexity index is 535. The summed E-state index contributed by atoms with van der Waals surface area (Å²) in [5.41, 5.74) is 5.54. The van der Waals surface area contributed by atoms with Gasteiger partial charge in [-0.05, 0) is 30.5 Å². The van der Waals surface area contributed by atoms with Crippen LogP contribution in [0.2, 0.25) is 5.02 Å². The minimum absolute atomic E-state index is 0.0192. The largest absolute Gasteiger partial charge is 0.329 e. The van der Waals surface area contributed by atoms with Gasteiger partial charge >= 0.3 is 0 Å². The molecule has 0 aromatic heterocycles. The molecule has 0 saturated carbocycles. The van der Waals surface area contributed by atoms with Gasteiger partial charge < -0.3 is 5.73 Å². The van der Waals surface area contributed by atoms with Crippen molar-refractivity contribution < 1.29 is 12.8 Å². The Morgan fingerprint density at radius 2 is 2.05 bits per heavy atom. The first kappa shape index (κ1) is 16.4. The fourth-order valence-electron chi connectivity index (χ4n) is 1.73. The van der Waals surface area contributed by atoms with E-state index in [4.69, 9.17) is 17.3 Å². The minimum Gasteiger partial charge on any atom is -0.329 e. The number of nitrogens with two attached hydrogens (primary N) is 1. The molecule has 0 amide bonds. The minimum atomic E-state index is -3.87. The molecule has 7 heteroatoms. The van der Waals surface area contributed by atoms with E-state index in [1.165, 1.54) is 6.07 Å². The summed E-state index contributed by atoms with van der Waals surface area (Å²) in [5, 5.41) is -0.0192. The number of benzene rings is 1. The molecule has 0 spiro atoms. The van der Waals surface area contributed by atoms with E-state index in [0.717, 1.165) is 12.1 Å². The Hall–Kier alpha value is -0.690. The van der Waals surface area contributed by atoms with Crippen LogP contribution in [0.1, 0.15) is 20.3 Å². The molecule has 0 bridgehead atoms. The van der Waals surface area contributed by atoms with Gasteiger partial charge in [0.1, 0.15) is 10.7 Å². The molecule has 19 heavy (non-hydrogen) atoms. The van der Waals surface area contributed by atoms with E-state index in [1.54, 1.807) is 0 Å². The Labute approximate surface area is 118 Å². The summed E-state index contributed by atoms with van der Waals surface area (Å²) in [6.07, 6.45) is 0.600. The van der Waals surface area contributed by atoms with Crippen LogP contribution in [-0.4, -0.2) is 21.0 Å². The van der Waals surface area contributed by atoms with Crippen molar-refractivity contribution in [1.82, 2.24) is 4.72 Å². The maximum atomic E-state index is 13.1. The van der Waals surface area contributed by atoms with Gasteiger partial charge in [0.15, 0.2) is 0 Å². The second-order valence-corrected chi connectivity index (χ2v) is 6.85. The highest BCUT2D eigenvalue weighted by Gasteiger charge is 2.22. The van der Waals surface area contributed by atoms with E-state index in [9.17, 15) is 12.8 Å². The quantitative estimate of drug-likeness (QED) is 0.845. The van der Waals surface area contributed by atoms with Crippen LogP contribution < -0.4 is 10.5 Å². The lowest BCUT2D eigenvalue weighted by atomic mass is 10.1. The molecule has 0 aliphatic carbocycles. The number of nitrogens with one attached hydrogen (secondary N) is 1. The van der Waals surface area contributed by atoms with Gasteiger partial charge in [-0.15, -0.1) is 0 Å². The summed E-state index contributed by atoms with van der Waals surface area (Å²) in [4.78, 5) is -0.267. The van der Waals surface area contributed by atoms with E-state index < -0.39 is 21.9 Å². The van der Waals surface area contributed by atoms with Crippen molar-refractivity contribution >= 4 is 21.6 Å². The zero-order valence-electron chi connectivity index (χ0n) is 10.9. The molecule has 1 unspecified atom stereocenters. The molecule has 0 radical (unpaired) electrons. The number of rotatable bonds is 6. The molecule has 0 aliphatic rings. The Balaban J connectivity index is 3.00. The Kier molecular flexibility index (Phi) is 5.73. The normalized spacial score (nSPS) is 13.8. The van der Waals surface area contributed by atoms with E-state index in [2.05, 4.69) is 4.72 Å². The first-order valence-corrected chi connectivity index (χ1v) is 7.80. The van der Waals surface area contributed by atoms with Crippen LogP contribution in [0.3, 0.4) is 0 Å².